The van der Waals surface area contributed by atoms with Crippen molar-refractivity contribution in [2.45, 2.75) is 12.6 Å². The molecule has 1 atom stereocenters. The van der Waals surface area contributed by atoms with Crippen LogP contribution >= 0.6 is 0 Å². The number of pyridine rings is 1. The third kappa shape index (κ3) is 2.61. The van der Waals surface area contributed by atoms with Crippen molar-refractivity contribution in [2.24, 2.45) is 0 Å². The van der Waals surface area contributed by atoms with Crippen LogP contribution in [0.2, 0.25) is 0 Å². The molecule has 0 fully saturated rings. The Morgan fingerprint density at radius 2 is 2.05 bits per heavy atom. The van der Waals surface area contributed by atoms with E-state index in [0.29, 0.717) is 10.9 Å². The lowest BCUT2D eigenvalue weighted by Crippen LogP contribution is -2.28. The highest BCUT2D eigenvalue weighted by atomic mass is 16.6. The van der Waals surface area contributed by atoms with Gasteiger partial charge in [0.1, 0.15) is 0 Å². The van der Waals surface area contributed by atoms with Crippen molar-refractivity contribution in [1.82, 2.24) is 4.57 Å². The van der Waals surface area contributed by atoms with E-state index in [1.54, 1.807) is 0 Å². The van der Waals surface area contributed by atoms with E-state index in [1.807, 2.05) is 0 Å². The third-order valence-electron chi connectivity index (χ3n) is 2.79. The number of aromatic nitrogens is 1. The maximum atomic E-state index is 11.7. The van der Waals surface area contributed by atoms with Crippen LogP contribution in [0.5, 0.6) is 0 Å². The summed E-state index contributed by atoms with van der Waals surface area (Å²) >= 11 is 0. The summed E-state index contributed by atoms with van der Waals surface area (Å²) in [4.78, 5) is 21.9. The predicted molar refractivity (Wildman–Crippen MR) is 68.0 cm³/mol. The van der Waals surface area contributed by atoms with Crippen LogP contribution in [0.4, 0.5) is 5.69 Å². The zero-order valence-corrected chi connectivity index (χ0v) is 9.89. The van der Waals surface area contributed by atoms with E-state index in [1.165, 1.54) is 34.9 Å². The molecule has 2 aromatic rings. The predicted octanol–water partition coefficient (Wildman–Crippen LogP) is 0.263. The van der Waals surface area contributed by atoms with E-state index in [-0.39, 0.29) is 17.8 Å². The van der Waals surface area contributed by atoms with Crippen molar-refractivity contribution in [3.63, 3.8) is 0 Å². The van der Waals surface area contributed by atoms with Gasteiger partial charge in [-0.1, -0.05) is 0 Å². The number of rotatable bonds is 4. The normalized spacial score (nSPS) is 12.5. The second-order valence-electron chi connectivity index (χ2n) is 4.12. The number of fused-ring (bicyclic) bond motifs is 1. The van der Waals surface area contributed by atoms with Crippen LogP contribution < -0.4 is 5.56 Å². The highest BCUT2D eigenvalue weighted by Crippen LogP contribution is 2.19. The maximum Gasteiger partial charge on any atom is 0.270 e. The molecular weight excluding hydrogens is 252 g/mol. The first-order valence-corrected chi connectivity index (χ1v) is 5.60. The Morgan fingerprint density at radius 3 is 2.68 bits per heavy atom. The molecule has 1 aromatic heterocycles. The molecule has 1 unspecified atom stereocenters. The molecule has 0 amide bonds. The molecule has 0 radical (unpaired) electrons. The van der Waals surface area contributed by atoms with Crippen LogP contribution in [0, 0.1) is 10.1 Å². The molecule has 1 aromatic carbocycles. The molecule has 0 spiro atoms. The fraction of sp³-hybridized carbons (Fsp3) is 0.250. The minimum atomic E-state index is -1.06. The van der Waals surface area contributed by atoms with Gasteiger partial charge in [-0.3, -0.25) is 14.9 Å². The molecule has 7 heteroatoms. The second-order valence-corrected chi connectivity index (χ2v) is 4.12. The number of nitrogens with zero attached hydrogens (tertiary/aromatic N) is 2. The number of nitro groups is 1. The molecule has 1 heterocycles. The number of aliphatic hydroxyl groups excluding tert-OH is 2. The van der Waals surface area contributed by atoms with Gasteiger partial charge < -0.3 is 14.8 Å². The molecule has 2 rings (SSSR count). The highest BCUT2D eigenvalue weighted by Gasteiger charge is 2.11. The van der Waals surface area contributed by atoms with Crippen molar-refractivity contribution in [3.8, 4) is 0 Å². The summed E-state index contributed by atoms with van der Waals surface area (Å²) in [7, 11) is 0. The van der Waals surface area contributed by atoms with Crippen molar-refractivity contribution < 1.29 is 15.1 Å². The molecule has 0 aliphatic carbocycles. The summed E-state index contributed by atoms with van der Waals surface area (Å²) in [5.41, 5.74) is 0.0693. The first-order valence-electron chi connectivity index (χ1n) is 5.60. The molecule has 0 aliphatic heterocycles. The van der Waals surface area contributed by atoms with Crippen LogP contribution in [0.25, 0.3) is 10.9 Å². The van der Waals surface area contributed by atoms with Crippen molar-refractivity contribution >= 4 is 16.6 Å². The van der Waals surface area contributed by atoms with Gasteiger partial charge in [-0.2, -0.15) is 0 Å². The Balaban J connectivity index is 2.59. The summed E-state index contributed by atoms with van der Waals surface area (Å²) in [5, 5.41) is 29.5. The van der Waals surface area contributed by atoms with Crippen LogP contribution in [0.1, 0.15) is 0 Å². The number of hydrogen-bond acceptors (Lipinski definition) is 5. The monoisotopic (exact) mass is 264 g/mol. The summed E-state index contributed by atoms with van der Waals surface area (Å²) in [6.45, 7) is -0.527. The smallest absolute Gasteiger partial charge is 0.270 e. The van der Waals surface area contributed by atoms with E-state index >= 15 is 0 Å². The second kappa shape index (κ2) is 5.17. The summed E-state index contributed by atoms with van der Waals surface area (Å²) in [5.74, 6) is 0. The fourth-order valence-corrected chi connectivity index (χ4v) is 1.86. The number of non-ortho nitro benzene ring substituents is 1. The molecule has 0 saturated carbocycles. The summed E-state index contributed by atoms with van der Waals surface area (Å²) in [6.07, 6.45) is -1.06. The van der Waals surface area contributed by atoms with E-state index in [0.717, 1.165) is 0 Å². The van der Waals surface area contributed by atoms with Gasteiger partial charge in [0, 0.05) is 23.6 Å². The van der Waals surface area contributed by atoms with Gasteiger partial charge in [-0.15, -0.1) is 0 Å². The van der Waals surface area contributed by atoms with E-state index in [4.69, 9.17) is 5.11 Å². The first-order chi connectivity index (χ1) is 9.02. The molecule has 7 nitrogen and oxygen atoms in total. The average Bonchev–Trinajstić information content (AvgIpc) is 2.41. The van der Waals surface area contributed by atoms with Gasteiger partial charge in [-0.25, -0.2) is 0 Å². The Labute approximate surface area is 107 Å². The fourth-order valence-electron chi connectivity index (χ4n) is 1.86. The average molecular weight is 264 g/mol. The maximum absolute atomic E-state index is 11.7. The van der Waals surface area contributed by atoms with Gasteiger partial charge in [0.25, 0.3) is 11.2 Å². The van der Waals surface area contributed by atoms with Gasteiger partial charge in [0.15, 0.2) is 0 Å². The number of nitro benzene ring substituents is 1. The van der Waals surface area contributed by atoms with E-state index < -0.39 is 17.6 Å². The van der Waals surface area contributed by atoms with Crippen molar-refractivity contribution in [3.05, 3.63) is 50.8 Å². The van der Waals surface area contributed by atoms with Crippen LogP contribution in [-0.2, 0) is 6.54 Å². The lowest BCUT2D eigenvalue weighted by atomic mass is 10.2. The molecule has 2 N–H and O–H groups in total. The van der Waals surface area contributed by atoms with E-state index in [2.05, 4.69) is 0 Å². The summed E-state index contributed by atoms with van der Waals surface area (Å²) in [6, 6.07) is 6.88. The Bertz CT molecular complexity index is 679. The van der Waals surface area contributed by atoms with Crippen LogP contribution in [0.3, 0.4) is 0 Å². The number of hydrogen-bond donors (Lipinski definition) is 2. The molecule has 0 saturated heterocycles. The molecular formula is C12H12N2O5. The first kappa shape index (κ1) is 13.2. The largest absolute Gasteiger partial charge is 0.394 e. The van der Waals surface area contributed by atoms with Gasteiger partial charge in [0.05, 0.1) is 29.7 Å². The number of aliphatic hydroxyl groups is 2. The van der Waals surface area contributed by atoms with Gasteiger partial charge >= 0.3 is 0 Å². The third-order valence-corrected chi connectivity index (χ3v) is 2.79. The van der Waals surface area contributed by atoms with Crippen molar-refractivity contribution in [2.75, 3.05) is 6.61 Å². The zero-order valence-electron chi connectivity index (χ0n) is 9.89. The minimum Gasteiger partial charge on any atom is -0.394 e. The topological polar surface area (TPSA) is 106 Å². The van der Waals surface area contributed by atoms with Gasteiger partial charge in [-0.05, 0) is 12.1 Å². The Morgan fingerprint density at radius 1 is 1.32 bits per heavy atom. The summed E-state index contributed by atoms with van der Waals surface area (Å²) < 4.78 is 1.28. The molecule has 19 heavy (non-hydrogen) atoms. The van der Waals surface area contributed by atoms with Crippen LogP contribution in [0.15, 0.2) is 35.1 Å². The van der Waals surface area contributed by atoms with Crippen LogP contribution in [-0.4, -0.2) is 32.4 Å². The molecule has 0 bridgehead atoms. The lowest BCUT2D eigenvalue weighted by molar-refractivity contribution is -0.384. The molecule has 100 valence electrons. The molecule has 0 aliphatic rings. The van der Waals surface area contributed by atoms with Crippen molar-refractivity contribution in [1.29, 1.82) is 0 Å². The quantitative estimate of drug-likeness (QED) is 0.608. The van der Waals surface area contributed by atoms with E-state index in [9.17, 15) is 20.0 Å². The Kier molecular flexibility index (Phi) is 3.59. The van der Waals surface area contributed by atoms with Gasteiger partial charge in [0.2, 0.25) is 0 Å². The standard InChI is InChI=1S/C12H12N2O5/c15-7-10(16)6-13-11-3-2-9(14(18)19)5-8(11)1-4-12(13)17/h1-5,10,15-16H,6-7H2. The zero-order chi connectivity index (χ0) is 14.0. The number of benzene rings is 1. The highest BCUT2D eigenvalue weighted by molar-refractivity contribution is 5.81. The Hall–Kier alpha value is -2.25. The lowest BCUT2D eigenvalue weighted by Gasteiger charge is -2.12. The SMILES string of the molecule is O=c1ccc2cc([N+](=O)[O-])ccc2n1CC(O)CO. The minimum absolute atomic E-state index is 0.0650.